The Labute approximate surface area is 151 Å². The van der Waals surface area contributed by atoms with E-state index in [1.54, 1.807) is 17.8 Å². The van der Waals surface area contributed by atoms with Gasteiger partial charge in [-0.2, -0.15) is 5.10 Å². The summed E-state index contributed by atoms with van der Waals surface area (Å²) >= 11 is 0. The molecule has 2 unspecified atom stereocenters. The van der Waals surface area contributed by atoms with Gasteiger partial charge in [0.1, 0.15) is 5.60 Å². The summed E-state index contributed by atoms with van der Waals surface area (Å²) in [5.74, 6) is 0.754. The first-order valence-electron chi connectivity index (χ1n) is 9.44. The van der Waals surface area contributed by atoms with E-state index in [1.165, 1.54) is 25.9 Å². The van der Waals surface area contributed by atoms with Crippen molar-refractivity contribution in [1.29, 1.82) is 0 Å². The van der Waals surface area contributed by atoms with Gasteiger partial charge in [0.2, 0.25) is 0 Å². The summed E-state index contributed by atoms with van der Waals surface area (Å²) in [7, 11) is 1.84. The highest BCUT2D eigenvalue weighted by Gasteiger charge is 2.25. The van der Waals surface area contributed by atoms with Crippen molar-refractivity contribution in [1.82, 2.24) is 25.3 Å². The highest BCUT2D eigenvalue weighted by Crippen LogP contribution is 2.20. The molecule has 0 amide bonds. The van der Waals surface area contributed by atoms with Gasteiger partial charge in [0.15, 0.2) is 5.96 Å². The lowest BCUT2D eigenvalue weighted by Gasteiger charge is -2.27. The van der Waals surface area contributed by atoms with Crippen LogP contribution in [0.25, 0.3) is 0 Å². The van der Waals surface area contributed by atoms with E-state index < -0.39 is 5.60 Å². The maximum absolute atomic E-state index is 10.7. The second kappa shape index (κ2) is 9.20. The lowest BCUT2D eigenvalue weighted by atomic mass is 10.0. The summed E-state index contributed by atoms with van der Waals surface area (Å²) < 4.78 is 1.69. The standard InChI is InChI=1S/C18H34N6O/c1-5-16(24-9-7-8-10-24)12-20-17(19-6-2)21-14-18(3,25)15-11-22-23(4)13-15/h11,13,16,25H,5-10,12,14H2,1-4H3,(H2,19,20,21). The van der Waals surface area contributed by atoms with E-state index in [0.29, 0.717) is 6.04 Å². The molecular weight excluding hydrogens is 316 g/mol. The van der Waals surface area contributed by atoms with E-state index in [0.717, 1.165) is 31.0 Å². The Morgan fingerprint density at radius 3 is 2.64 bits per heavy atom. The quantitative estimate of drug-likeness (QED) is 0.483. The van der Waals surface area contributed by atoms with E-state index >= 15 is 0 Å². The number of nitrogens with one attached hydrogen (secondary N) is 2. The van der Waals surface area contributed by atoms with Gasteiger partial charge in [-0.15, -0.1) is 0 Å². The molecule has 0 aromatic carbocycles. The number of likely N-dealkylation sites (tertiary alicyclic amines) is 1. The molecule has 1 aromatic heterocycles. The summed E-state index contributed by atoms with van der Waals surface area (Å²) in [6, 6.07) is 0.533. The predicted molar refractivity (Wildman–Crippen MR) is 102 cm³/mol. The Hall–Kier alpha value is -1.60. The van der Waals surface area contributed by atoms with Crippen LogP contribution < -0.4 is 10.6 Å². The van der Waals surface area contributed by atoms with Gasteiger partial charge >= 0.3 is 0 Å². The average molecular weight is 351 g/mol. The number of rotatable bonds is 8. The number of nitrogens with zero attached hydrogens (tertiary/aromatic N) is 4. The Balaban J connectivity index is 1.95. The molecule has 0 spiro atoms. The first-order chi connectivity index (χ1) is 12.0. The van der Waals surface area contributed by atoms with Gasteiger partial charge in [0.05, 0.1) is 12.7 Å². The van der Waals surface area contributed by atoms with Gasteiger partial charge in [-0.25, -0.2) is 4.99 Å². The first-order valence-corrected chi connectivity index (χ1v) is 9.44. The molecule has 0 aliphatic carbocycles. The Morgan fingerprint density at radius 2 is 2.08 bits per heavy atom. The number of aliphatic imine (C=N–C) groups is 1. The van der Waals surface area contributed by atoms with Crippen molar-refractivity contribution in [2.45, 2.75) is 51.7 Å². The van der Waals surface area contributed by atoms with Crippen molar-refractivity contribution in [3.63, 3.8) is 0 Å². The van der Waals surface area contributed by atoms with Crippen LogP contribution in [0.3, 0.4) is 0 Å². The topological polar surface area (TPSA) is 77.7 Å². The fraction of sp³-hybridized carbons (Fsp3) is 0.778. The summed E-state index contributed by atoms with van der Waals surface area (Å²) in [5.41, 5.74) is -0.256. The van der Waals surface area contributed by atoms with Gasteiger partial charge in [-0.1, -0.05) is 6.92 Å². The lowest BCUT2D eigenvalue weighted by Crippen LogP contribution is -2.46. The summed E-state index contributed by atoms with van der Waals surface area (Å²) in [4.78, 5) is 7.15. The number of hydrogen-bond acceptors (Lipinski definition) is 4. The number of hydrogen-bond donors (Lipinski definition) is 3. The van der Waals surface area contributed by atoms with Gasteiger partial charge < -0.3 is 15.7 Å². The van der Waals surface area contributed by atoms with E-state index in [4.69, 9.17) is 0 Å². The fourth-order valence-corrected chi connectivity index (χ4v) is 3.22. The molecule has 1 aliphatic rings. The lowest BCUT2D eigenvalue weighted by molar-refractivity contribution is 0.0671. The molecule has 1 aliphatic heterocycles. The molecule has 2 heterocycles. The molecule has 0 bridgehead atoms. The van der Waals surface area contributed by atoms with Crippen molar-refractivity contribution in [3.8, 4) is 0 Å². The zero-order valence-corrected chi connectivity index (χ0v) is 16.1. The first kappa shape index (κ1) is 19.7. The van der Waals surface area contributed by atoms with Crippen LogP contribution in [0.4, 0.5) is 0 Å². The number of aliphatic hydroxyl groups is 1. The molecule has 2 atom stereocenters. The van der Waals surface area contributed by atoms with Gasteiger partial charge in [-0.3, -0.25) is 9.58 Å². The molecule has 142 valence electrons. The fourth-order valence-electron chi connectivity index (χ4n) is 3.22. The zero-order valence-electron chi connectivity index (χ0n) is 16.1. The maximum atomic E-state index is 10.7. The van der Waals surface area contributed by atoms with Crippen LogP contribution in [-0.2, 0) is 12.6 Å². The van der Waals surface area contributed by atoms with Crippen LogP contribution in [-0.4, -0.2) is 64.5 Å². The Morgan fingerprint density at radius 1 is 1.36 bits per heavy atom. The molecule has 2 rings (SSSR count). The molecule has 0 saturated carbocycles. The molecular formula is C18H34N6O. The smallest absolute Gasteiger partial charge is 0.191 e. The van der Waals surface area contributed by atoms with Crippen molar-refractivity contribution in [2.75, 3.05) is 32.7 Å². The maximum Gasteiger partial charge on any atom is 0.191 e. The van der Waals surface area contributed by atoms with Crippen molar-refractivity contribution < 1.29 is 5.11 Å². The minimum absolute atomic E-state index is 0.286. The molecule has 25 heavy (non-hydrogen) atoms. The third-order valence-corrected chi connectivity index (χ3v) is 4.85. The molecule has 1 saturated heterocycles. The third kappa shape index (κ3) is 5.71. The van der Waals surface area contributed by atoms with Crippen LogP contribution >= 0.6 is 0 Å². The molecule has 7 heteroatoms. The molecule has 1 fully saturated rings. The molecule has 1 aromatic rings. The van der Waals surface area contributed by atoms with Gasteiger partial charge in [-0.05, 0) is 46.2 Å². The third-order valence-electron chi connectivity index (χ3n) is 4.85. The van der Waals surface area contributed by atoms with Crippen LogP contribution in [0, 0.1) is 0 Å². The second-order valence-electron chi connectivity index (χ2n) is 7.06. The molecule has 7 nitrogen and oxygen atoms in total. The largest absolute Gasteiger partial charge is 0.383 e. The van der Waals surface area contributed by atoms with E-state index in [-0.39, 0.29) is 6.54 Å². The monoisotopic (exact) mass is 350 g/mol. The summed E-state index contributed by atoms with van der Waals surface area (Å²) in [6.45, 7) is 10.4. The average Bonchev–Trinajstić information content (AvgIpc) is 3.25. The number of aromatic nitrogens is 2. The number of aryl methyl sites for hydroxylation is 1. The van der Waals surface area contributed by atoms with Gasteiger partial charge in [0, 0.05) is 37.9 Å². The van der Waals surface area contributed by atoms with Crippen molar-refractivity contribution in [3.05, 3.63) is 18.0 Å². The van der Waals surface area contributed by atoms with Crippen molar-refractivity contribution >= 4 is 5.96 Å². The van der Waals surface area contributed by atoms with E-state index in [9.17, 15) is 5.11 Å². The van der Waals surface area contributed by atoms with E-state index in [2.05, 4.69) is 32.5 Å². The minimum atomic E-state index is -1.03. The SMILES string of the molecule is CCNC(=NCC(C)(O)c1cnn(C)c1)NCC(CC)N1CCCC1. The summed E-state index contributed by atoms with van der Waals surface area (Å²) in [5, 5.41) is 21.5. The molecule has 0 radical (unpaired) electrons. The number of guanidine groups is 1. The van der Waals surface area contributed by atoms with Gasteiger partial charge in [0.25, 0.3) is 0 Å². The highest BCUT2D eigenvalue weighted by atomic mass is 16.3. The normalized spacial score (nSPS) is 19.6. The highest BCUT2D eigenvalue weighted by molar-refractivity contribution is 5.79. The Bertz CT molecular complexity index is 548. The summed E-state index contributed by atoms with van der Waals surface area (Å²) in [6.07, 6.45) is 7.25. The predicted octanol–water partition coefficient (Wildman–Crippen LogP) is 1.06. The zero-order chi connectivity index (χ0) is 18.3. The second-order valence-corrected chi connectivity index (χ2v) is 7.06. The minimum Gasteiger partial charge on any atom is -0.383 e. The van der Waals surface area contributed by atoms with Crippen LogP contribution in [0.2, 0.25) is 0 Å². The van der Waals surface area contributed by atoms with Crippen molar-refractivity contribution in [2.24, 2.45) is 12.0 Å². The van der Waals surface area contributed by atoms with Crippen LogP contribution in [0.5, 0.6) is 0 Å². The Kier molecular flexibility index (Phi) is 7.25. The van der Waals surface area contributed by atoms with E-state index in [1.807, 2.05) is 20.2 Å². The molecule has 3 N–H and O–H groups in total. The van der Waals surface area contributed by atoms with Crippen LogP contribution in [0.15, 0.2) is 17.4 Å². The van der Waals surface area contributed by atoms with Crippen LogP contribution in [0.1, 0.15) is 45.6 Å².